The molecule has 0 N–H and O–H groups in total. The molecule has 3 atom stereocenters. The molecule has 2 fully saturated rings. The second-order valence-electron chi connectivity index (χ2n) is 5.35. The molecule has 1 saturated carbocycles. The Hall–Kier alpha value is -0.830. The van der Waals surface area contributed by atoms with Gasteiger partial charge < -0.3 is 4.52 Å². The summed E-state index contributed by atoms with van der Waals surface area (Å²) in [6, 6.07) is 9.60. The smallest absolute Gasteiger partial charge is 0.413 e. The van der Waals surface area contributed by atoms with Crippen molar-refractivity contribution in [2.75, 3.05) is 13.7 Å². The number of fused-ring (bicyclic) bond motifs is 1. The standard InChI is InChI=1S/C14H20NO3P/c1-15-14-10-6-5-7-12(14)11-17-19(15,16)18-13-8-3-2-4-9-13/h2-4,8-9,12,14H,5-7,10-11H2,1H3/t12-,14+,19-/m1/s1. The maximum atomic E-state index is 12.9. The summed E-state index contributed by atoms with van der Waals surface area (Å²) in [5.41, 5.74) is 0. The van der Waals surface area contributed by atoms with Crippen molar-refractivity contribution < 1.29 is 13.6 Å². The summed E-state index contributed by atoms with van der Waals surface area (Å²) in [6.45, 7) is 0.555. The predicted octanol–water partition coefficient (Wildman–Crippen LogP) is 3.69. The van der Waals surface area contributed by atoms with Gasteiger partial charge in [0.15, 0.2) is 0 Å². The molecular weight excluding hydrogens is 261 g/mol. The highest BCUT2D eigenvalue weighted by atomic mass is 31.2. The molecule has 4 nitrogen and oxygen atoms in total. The van der Waals surface area contributed by atoms with Crippen LogP contribution in [0.3, 0.4) is 0 Å². The third kappa shape index (κ3) is 2.58. The van der Waals surface area contributed by atoms with Gasteiger partial charge >= 0.3 is 7.75 Å². The van der Waals surface area contributed by atoms with Gasteiger partial charge in [-0.15, -0.1) is 0 Å². The molecule has 1 saturated heterocycles. The van der Waals surface area contributed by atoms with Gasteiger partial charge in [-0.3, -0.25) is 4.52 Å². The summed E-state index contributed by atoms with van der Waals surface area (Å²) >= 11 is 0. The van der Waals surface area contributed by atoms with E-state index in [-0.39, 0.29) is 0 Å². The molecule has 0 amide bonds. The minimum atomic E-state index is -3.18. The highest BCUT2D eigenvalue weighted by Crippen LogP contribution is 2.57. The van der Waals surface area contributed by atoms with E-state index < -0.39 is 7.75 Å². The molecule has 19 heavy (non-hydrogen) atoms. The molecule has 0 spiro atoms. The Labute approximate surface area is 114 Å². The highest BCUT2D eigenvalue weighted by Gasteiger charge is 2.46. The molecule has 0 unspecified atom stereocenters. The van der Waals surface area contributed by atoms with Crippen LogP contribution in [0, 0.1) is 5.92 Å². The average Bonchev–Trinajstić information content (AvgIpc) is 2.45. The van der Waals surface area contributed by atoms with Crippen molar-refractivity contribution in [1.29, 1.82) is 0 Å². The van der Waals surface area contributed by atoms with E-state index in [0.717, 1.165) is 6.42 Å². The molecular formula is C14H20NO3P. The minimum Gasteiger partial charge on any atom is -0.413 e. The van der Waals surface area contributed by atoms with Crippen molar-refractivity contribution in [2.45, 2.75) is 31.7 Å². The van der Waals surface area contributed by atoms with Gasteiger partial charge in [-0.1, -0.05) is 31.0 Å². The molecule has 1 aromatic carbocycles. The molecule has 0 bridgehead atoms. The number of nitrogens with zero attached hydrogens (tertiary/aromatic N) is 1. The molecule has 3 rings (SSSR count). The van der Waals surface area contributed by atoms with Crippen molar-refractivity contribution in [3.63, 3.8) is 0 Å². The van der Waals surface area contributed by atoms with Crippen LogP contribution in [0.1, 0.15) is 25.7 Å². The Kier molecular flexibility index (Phi) is 3.66. The van der Waals surface area contributed by atoms with Crippen LogP contribution in [0.25, 0.3) is 0 Å². The maximum Gasteiger partial charge on any atom is 0.461 e. The molecule has 1 aromatic rings. The fourth-order valence-corrected chi connectivity index (χ4v) is 4.84. The minimum absolute atomic E-state index is 0.331. The van der Waals surface area contributed by atoms with E-state index in [0.29, 0.717) is 24.3 Å². The number of rotatable bonds is 2. The second kappa shape index (κ2) is 5.28. The lowest BCUT2D eigenvalue weighted by atomic mass is 9.85. The van der Waals surface area contributed by atoms with Gasteiger partial charge in [-0.25, -0.2) is 4.57 Å². The zero-order valence-corrected chi connectivity index (χ0v) is 12.1. The summed E-state index contributed by atoms with van der Waals surface area (Å²) in [5, 5.41) is 0. The molecule has 1 aliphatic heterocycles. The van der Waals surface area contributed by atoms with Crippen LogP contribution in [0.5, 0.6) is 5.75 Å². The first-order chi connectivity index (χ1) is 9.19. The topological polar surface area (TPSA) is 38.8 Å². The Morgan fingerprint density at radius 2 is 2.00 bits per heavy atom. The van der Waals surface area contributed by atoms with Crippen molar-refractivity contribution in [2.24, 2.45) is 5.92 Å². The van der Waals surface area contributed by atoms with E-state index >= 15 is 0 Å². The third-order valence-corrected chi connectivity index (χ3v) is 6.14. The molecule has 5 heteroatoms. The van der Waals surface area contributed by atoms with Gasteiger partial charge in [0.2, 0.25) is 0 Å². The van der Waals surface area contributed by atoms with Crippen molar-refractivity contribution >= 4 is 7.75 Å². The molecule has 1 aliphatic carbocycles. The number of hydrogen-bond acceptors (Lipinski definition) is 3. The summed E-state index contributed by atoms with van der Waals surface area (Å²) < 4.78 is 26.0. The van der Waals surface area contributed by atoms with Crippen LogP contribution < -0.4 is 4.52 Å². The molecule has 1 heterocycles. The van der Waals surface area contributed by atoms with Gasteiger partial charge in [-0.2, -0.15) is 4.67 Å². The average molecular weight is 281 g/mol. The van der Waals surface area contributed by atoms with Gasteiger partial charge in [0.05, 0.1) is 6.61 Å². The first kappa shape index (κ1) is 13.2. The van der Waals surface area contributed by atoms with Gasteiger partial charge in [0.1, 0.15) is 5.75 Å². The number of benzene rings is 1. The lowest BCUT2D eigenvalue weighted by molar-refractivity contribution is 0.0588. The monoisotopic (exact) mass is 281 g/mol. The number of hydrogen-bond donors (Lipinski definition) is 0. The SMILES string of the molecule is CN1[C@H]2CCCC[C@@H]2CO[P@@]1(=O)Oc1ccccc1. The first-order valence-corrected chi connectivity index (χ1v) is 8.41. The van der Waals surface area contributed by atoms with E-state index in [1.807, 2.05) is 42.0 Å². The Balaban J connectivity index is 1.78. The van der Waals surface area contributed by atoms with Gasteiger partial charge in [-0.05, 0) is 37.9 Å². The van der Waals surface area contributed by atoms with Crippen molar-refractivity contribution in [1.82, 2.24) is 4.67 Å². The lowest BCUT2D eigenvalue weighted by Crippen LogP contribution is -2.45. The van der Waals surface area contributed by atoms with Crippen LogP contribution in [-0.2, 0) is 9.09 Å². The van der Waals surface area contributed by atoms with E-state index in [2.05, 4.69) is 0 Å². The predicted molar refractivity (Wildman–Crippen MR) is 74.1 cm³/mol. The normalized spacial score (nSPS) is 35.6. The van der Waals surface area contributed by atoms with E-state index in [9.17, 15) is 4.57 Å². The van der Waals surface area contributed by atoms with E-state index in [1.165, 1.54) is 19.3 Å². The fraction of sp³-hybridized carbons (Fsp3) is 0.571. The second-order valence-corrected chi connectivity index (χ2v) is 7.36. The van der Waals surface area contributed by atoms with Gasteiger partial charge in [0, 0.05) is 6.04 Å². The zero-order valence-electron chi connectivity index (χ0n) is 11.2. The van der Waals surface area contributed by atoms with Crippen molar-refractivity contribution in [3.8, 4) is 5.75 Å². The molecule has 0 aromatic heterocycles. The first-order valence-electron chi connectivity index (χ1n) is 6.91. The van der Waals surface area contributed by atoms with Crippen LogP contribution >= 0.6 is 7.75 Å². The van der Waals surface area contributed by atoms with Gasteiger partial charge in [0.25, 0.3) is 0 Å². The molecule has 104 valence electrons. The third-order valence-electron chi connectivity index (χ3n) is 4.15. The zero-order chi connectivity index (χ0) is 13.3. The highest BCUT2D eigenvalue weighted by molar-refractivity contribution is 7.51. The van der Waals surface area contributed by atoms with Crippen LogP contribution in [-0.4, -0.2) is 24.4 Å². The van der Waals surface area contributed by atoms with E-state index in [1.54, 1.807) is 0 Å². The summed E-state index contributed by atoms with van der Waals surface area (Å²) in [7, 11) is -1.32. The Bertz CT molecular complexity index is 479. The molecule has 0 radical (unpaired) electrons. The molecule has 2 aliphatic rings. The van der Waals surface area contributed by atoms with Crippen molar-refractivity contribution in [3.05, 3.63) is 30.3 Å². The van der Waals surface area contributed by atoms with E-state index in [4.69, 9.17) is 9.05 Å². The maximum absolute atomic E-state index is 12.9. The summed E-state index contributed by atoms with van der Waals surface area (Å²) in [4.78, 5) is 0. The van der Waals surface area contributed by atoms with Crippen LogP contribution in [0.4, 0.5) is 0 Å². The summed E-state index contributed by atoms with van der Waals surface area (Å²) in [5.74, 6) is 1.10. The Morgan fingerprint density at radius 1 is 1.26 bits per heavy atom. The number of para-hydroxylation sites is 1. The fourth-order valence-electron chi connectivity index (χ4n) is 3.04. The quantitative estimate of drug-likeness (QED) is 0.775. The lowest BCUT2D eigenvalue weighted by Gasteiger charge is -2.44. The summed E-state index contributed by atoms with van der Waals surface area (Å²) in [6.07, 6.45) is 4.71. The van der Waals surface area contributed by atoms with Crippen LogP contribution in [0.15, 0.2) is 30.3 Å². The largest absolute Gasteiger partial charge is 0.461 e. The van der Waals surface area contributed by atoms with Crippen LogP contribution in [0.2, 0.25) is 0 Å². The Morgan fingerprint density at radius 3 is 2.79 bits per heavy atom.